The summed E-state index contributed by atoms with van der Waals surface area (Å²) in [5, 5.41) is 17.0. The van der Waals surface area contributed by atoms with E-state index in [9.17, 15) is 10.1 Å². The Morgan fingerprint density at radius 1 is 1.39 bits per heavy atom. The zero-order chi connectivity index (χ0) is 13.5. The number of nitrogens with one attached hydrogen (secondary N) is 2. The summed E-state index contributed by atoms with van der Waals surface area (Å²) < 4.78 is 0. The third kappa shape index (κ3) is 4.20. The lowest BCUT2D eigenvalue weighted by atomic mass is 10.1. The van der Waals surface area contributed by atoms with E-state index in [0.29, 0.717) is 24.1 Å². The predicted octanol–water partition coefficient (Wildman–Crippen LogP) is 2.88. The van der Waals surface area contributed by atoms with Crippen LogP contribution in [-0.4, -0.2) is 23.0 Å². The zero-order valence-corrected chi connectivity index (χ0v) is 11.1. The first-order chi connectivity index (χ1) is 8.54. The number of aromatic nitrogens is 1. The second-order valence-corrected chi connectivity index (χ2v) is 4.46. The molecule has 0 spiro atoms. The van der Waals surface area contributed by atoms with Gasteiger partial charge in [0.1, 0.15) is 5.82 Å². The molecule has 0 aromatic carbocycles. The summed E-state index contributed by atoms with van der Waals surface area (Å²) >= 11 is 0. The fraction of sp³-hybridized carbons (Fsp3) is 0.583. The number of nitrogens with zero attached hydrogens (tertiary/aromatic N) is 2. The van der Waals surface area contributed by atoms with Crippen LogP contribution in [0.5, 0.6) is 0 Å². The van der Waals surface area contributed by atoms with Gasteiger partial charge in [0.2, 0.25) is 5.82 Å². The van der Waals surface area contributed by atoms with Gasteiger partial charge < -0.3 is 10.6 Å². The lowest BCUT2D eigenvalue weighted by Crippen LogP contribution is -2.10. The van der Waals surface area contributed by atoms with E-state index < -0.39 is 4.92 Å². The van der Waals surface area contributed by atoms with Gasteiger partial charge in [-0.2, -0.15) is 0 Å². The maximum absolute atomic E-state index is 10.9. The lowest BCUT2D eigenvalue weighted by Gasteiger charge is -2.09. The van der Waals surface area contributed by atoms with Crippen molar-refractivity contribution in [2.45, 2.75) is 27.2 Å². The molecule has 100 valence electrons. The van der Waals surface area contributed by atoms with Gasteiger partial charge in [0.05, 0.1) is 4.92 Å². The topological polar surface area (TPSA) is 80.1 Å². The quantitative estimate of drug-likeness (QED) is 0.576. The molecule has 0 saturated carbocycles. The SMILES string of the molecule is CCNc1ccc([N+](=O)[O-])c(NCCC(C)C)n1. The molecule has 0 fully saturated rings. The van der Waals surface area contributed by atoms with Crippen LogP contribution in [-0.2, 0) is 0 Å². The van der Waals surface area contributed by atoms with Crippen molar-refractivity contribution in [2.75, 3.05) is 23.7 Å². The molecule has 1 aromatic rings. The van der Waals surface area contributed by atoms with Gasteiger partial charge in [-0.05, 0) is 25.3 Å². The fourth-order valence-electron chi connectivity index (χ4n) is 1.49. The van der Waals surface area contributed by atoms with E-state index in [1.54, 1.807) is 6.07 Å². The van der Waals surface area contributed by atoms with Crippen molar-refractivity contribution in [1.82, 2.24) is 4.98 Å². The van der Waals surface area contributed by atoms with Crippen molar-refractivity contribution < 1.29 is 4.92 Å². The van der Waals surface area contributed by atoms with Crippen LogP contribution in [0.25, 0.3) is 0 Å². The van der Waals surface area contributed by atoms with Crippen LogP contribution in [0.4, 0.5) is 17.3 Å². The molecule has 0 radical (unpaired) electrons. The Morgan fingerprint density at radius 3 is 2.67 bits per heavy atom. The number of rotatable bonds is 7. The molecular weight excluding hydrogens is 232 g/mol. The smallest absolute Gasteiger partial charge is 0.311 e. The first-order valence-corrected chi connectivity index (χ1v) is 6.17. The predicted molar refractivity (Wildman–Crippen MR) is 73.0 cm³/mol. The summed E-state index contributed by atoms with van der Waals surface area (Å²) in [5.41, 5.74) is 0.0143. The summed E-state index contributed by atoms with van der Waals surface area (Å²) in [7, 11) is 0. The van der Waals surface area contributed by atoms with E-state index in [1.165, 1.54) is 6.07 Å². The molecule has 6 nitrogen and oxygen atoms in total. The highest BCUT2D eigenvalue weighted by Crippen LogP contribution is 2.24. The van der Waals surface area contributed by atoms with Gasteiger partial charge in [-0.1, -0.05) is 13.8 Å². The molecule has 0 amide bonds. The highest BCUT2D eigenvalue weighted by atomic mass is 16.6. The van der Waals surface area contributed by atoms with Gasteiger partial charge in [0, 0.05) is 19.2 Å². The largest absolute Gasteiger partial charge is 0.370 e. The molecule has 0 unspecified atom stereocenters. The highest BCUT2D eigenvalue weighted by Gasteiger charge is 2.15. The molecule has 0 aliphatic rings. The minimum absolute atomic E-state index is 0.0143. The molecule has 0 saturated heterocycles. The minimum atomic E-state index is -0.416. The first-order valence-electron chi connectivity index (χ1n) is 6.17. The Kier molecular flexibility index (Phi) is 5.35. The summed E-state index contributed by atoms with van der Waals surface area (Å²) in [6.07, 6.45) is 0.949. The van der Waals surface area contributed by atoms with Crippen molar-refractivity contribution >= 4 is 17.3 Å². The molecule has 0 atom stereocenters. The van der Waals surface area contributed by atoms with E-state index in [-0.39, 0.29) is 5.69 Å². The molecule has 0 bridgehead atoms. The Labute approximate surface area is 107 Å². The van der Waals surface area contributed by atoms with E-state index >= 15 is 0 Å². The third-order valence-corrected chi connectivity index (χ3v) is 2.44. The van der Waals surface area contributed by atoms with Gasteiger partial charge in [-0.15, -0.1) is 0 Å². The molecule has 6 heteroatoms. The second-order valence-electron chi connectivity index (χ2n) is 4.46. The van der Waals surface area contributed by atoms with Crippen LogP contribution in [0.1, 0.15) is 27.2 Å². The van der Waals surface area contributed by atoms with Gasteiger partial charge in [0.15, 0.2) is 0 Å². The minimum Gasteiger partial charge on any atom is -0.370 e. The van der Waals surface area contributed by atoms with Crippen LogP contribution in [0, 0.1) is 16.0 Å². The van der Waals surface area contributed by atoms with Crippen LogP contribution >= 0.6 is 0 Å². The Hall–Kier alpha value is -1.85. The molecule has 0 aliphatic carbocycles. The summed E-state index contributed by atoms with van der Waals surface area (Å²) in [5.74, 6) is 1.53. The van der Waals surface area contributed by atoms with Crippen LogP contribution in [0.2, 0.25) is 0 Å². The van der Waals surface area contributed by atoms with Gasteiger partial charge in [-0.25, -0.2) is 4.98 Å². The lowest BCUT2D eigenvalue weighted by molar-refractivity contribution is -0.384. The number of hydrogen-bond acceptors (Lipinski definition) is 5. The molecule has 18 heavy (non-hydrogen) atoms. The first kappa shape index (κ1) is 14.2. The Bertz CT molecular complexity index is 407. The molecule has 2 N–H and O–H groups in total. The van der Waals surface area contributed by atoms with Gasteiger partial charge >= 0.3 is 5.69 Å². The van der Waals surface area contributed by atoms with Gasteiger partial charge in [0.25, 0.3) is 0 Å². The van der Waals surface area contributed by atoms with Crippen molar-refractivity contribution in [2.24, 2.45) is 5.92 Å². The zero-order valence-electron chi connectivity index (χ0n) is 11.1. The van der Waals surface area contributed by atoms with Gasteiger partial charge in [-0.3, -0.25) is 10.1 Å². The Morgan fingerprint density at radius 2 is 2.11 bits per heavy atom. The van der Waals surface area contributed by atoms with E-state index in [0.717, 1.165) is 13.0 Å². The molecule has 1 heterocycles. The maximum atomic E-state index is 10.9. The average molecular weight is 252 g/mol. The number of hydrogen-bond donors (Lipinski definition) is 2. The van der Waals surface area contributed by atoms with Crippen molar-refractivity contribution in [3.63, 3.8) is 0 Å². The fourth-order valence-corrected chi connectivity index (χ4v) is 1.49. The van der Waals surface area contributed by atoms with Crippen molar-refractivity contribution in [3.8, 4) is 0 Å². The van der Waals surface area contributed by atoms with E-state index in [1.807, 2.05) is 6.92 Å². The molecular formula is C12H20N4O2. The average Bonchev–Trinajstić information content (AvgIpc) is 2.29. The summed E-state index contributed by atoms with van der Waals surface area (Å²) in [4.78, 5) is 14.7. The molecule has 1 aromatic heterocycles. The van der Waals surface area contributed by atoms with Crippen LogP contribution in [0.3, 0.4) is 0 Å². The van der Waals surface area contributed by atoms with Crippen LogP contribution in [0.15, 0.2) is 12.1 Å². The number of pyridine rings is 1. The second kappa shape index (κ2) is 6.78. The van der Waals surface area contributed by atoms with Crippen molar-refractivity contribution in [3.05, 3.63) is 22.2 Å². The monoisotopic (exact) mass is 252 g/mol. The standard InChI is InChI=1S/C12H20N4O2/c1-4-13-11-6-5-10(16(17)18)12(15-11)14-8-7-9(2)3/h5-6,9H,4,7-8H2,1-3H3,(H2,13,14,15). The highest BCUT2D eigenvalue weighted by molar-refractivity contribution is 5.60. The summed E-state index contributed by atoms with van der Waals surface area (Å²) in [6, 6.07) is 3.10. The Balaban J connectivity index is 2.82. The maximum Gasteiger partial charge on any atom is 0.311 e. The van der Waals surface area contributed by atoms with E-state index in [4.69, 9.17) is 0 Å². The molecule has 0 aliphatic heterocycles. The normalized spacial score (nSPS) is 10.4. The summed E-state index contributed by atoms with van der Waals surface area (Å²) in [6.45, 7) is 7.59. The number of anilines is 2. The number of nitro groups is 1. The third-order valence-electron chi connectivity index (χ3n) is 2.44. The van der Waals surface area contributed by atoms with E-state index in [2.05, 4.69) is 29.5 Å². The molecule has 1 rings (SSSR count). The van der Waals surface area contributed by atoms with Crippen LogP contribution < -0.4 is 10.6 Å². The van der Waals surface area contributed by atoms with Crippen molar-refractivity contribution in [1.29, 1.82) is 0 Å².